The Hall–Kier alpha value is -2.13. The molecule has 1 aliphatic rings. The lowest BCUT2D eigenvalue weighted by molar-refractivity contribution is -0.146. The van der Waals surface area contributed by atoms with E-state index < -0.39 is 43.7 Å². The van der Waals surface area contributed by atoms with Crippen LogP contribution in [0.15, 0.2) is 70.9 Å². The van der Waals surface area contributed by atoms with Crippen LogP contribution in [0.2, 0.25) is 0 Å². The van der Waals surface area contributed by atoms with E-state index in [4.69, 9.17) is 9.84 Å². The lowest BCUT2D eigenvalue weighted by atomic mass is 9.71. The summed E-state index contributed by atoms with van der Waals surface area (Å²) in [4.78, 5) is 13.0. The van der Waals surface area contributed by atoms with Gasteiger partial charge in [0.1, 0.15) is 30.5 Å². The largest absolute Gasteiger partial charge is 0.394 e. The van der Waals surface area contributed by atoms with E-state index in [1.54, 1.807) is 6.92 Å². The van der Waals surface area contributed by atoms with Gasteiger partial charge >= 0.3 is 0 Å². The summed E-state index contributed by atoms with van der Waals surface area (Å²) in [5.74, 6) is -0.201. The maximum Gasteiger partial charge on any atom is 0.187 e. The third-order valence-corrected chi connectivity index (χ3v) is 6.07. The summed E-state index contributed by atoms with van der Waals surface area (Å²) in [6, 6.07) is 0. The molecule has 0 saturated heterocycles. The van der Waals surface area contributed by atoms with E-state index in [0.29, 0.717) is 12.0 Å². The van der Waals surface area contributed by atoms with Crippen LogP contribution in [0.4, 0.5) is 0 Å². The molecule has 0 saturated carbocycles. The second kappa shape index (κ2) is 14.4. The molecule has 0 bridgehead atoms. The molecular weight excluding hydrogens is 448 g/mol. The molecule has 0 heterocycles. The van der Waals surface area contributed by atoms with Crippen molar-refractivity contribution in [2.45, 2.75) is 78.5 Å². The monoisotopic (exact) mass is 490 g/mol. The summed E-state index contributed by atoms with van der Waals surface area (Å²) >= 11 is 0. The Balaban J connectivity index is 2.90. The number of ether oxygens (including phenoxy) is 1. The smallest absolute Gasteiger partial charge is 0.187 e. The molecular formula is C28H42O7. The first-order chi connectivity index (χ1) is 16.3. The normalized spacial score (nSPS) is 23.5. The van der Waals surface area contributed by atoms with Gasteiger partial charge in [0.2, 0.25) is 0 Å². The lowest BCUT2D eigenvalue weighted by Gasteiger charge is -2.37. The maximum atomic E-state index is 13.0. The van der Waals surface area contributed by atoms with Crippen molar-refractivity contribution < 1.29 is 35.1 Å². The number of hydrogen-bond donors (Lipinski definition) is 5. The van der Waals surface area contributed by atoms with Crippen molar-refractivity contribution in [1.82, 2.24) is 0 Å². The summed E-state index contributed by atoms with van der Waals surface area (Å²) < 4.78 is 5.62. The van der Waals surface area contributed by atoms with Gasteiger partial charge in [0.05, 0.1) is 13.2 Å². The Morgan fingerprint density at radius 2 is 1.60 bits per heavy atom. The van der Waals surface area contributed by atoms with E-state index in [1.165, 1.54) is 0 Å². The quantitative estimate of drug-likeness (QED) is 0.266. The van der Waals surface area contributed by atoms with Crippen molar-refractivity contribution in [1.29, 1.82) is 0 Å². The highest BCUT2D eigenvalue weighted by Crippen LogP contribution is 2.40. The highest BCUT2D eigenvalue weighted by Gasteiger charge is 2.39. The molecule has 0 aromatic rings. The third kappa shape index (κ3) is 9.44. The van der Waals surface area contributed by atoms with Gasteiger partial charge < -0.3 is 30.3 Å². The summed E-state index contributed by atoms with van der Waals surface area (Å²) in [6.07, 6.45) is 8.87. The van der Waals surface area contributed by atoms with E-state index in [-0.39, 0.29) is 11.2 Å². The van der Waals surface area contributed by atoms with E-state index in [0.717, 1.165) is 16.7 Å². The minimum Gasteiger partial charge on any atom is -0.394 e. The number of rotatable bonds is 12. The number of carbonyl (C=O) groups excluding carboxylic acids is 1. The highest BCUT2D eigenvalue weighted by atomic mass is 16.5. The molecule has 5 N–H and O–H groups in total. The van der Waals surface area contributed by atoms with Crippen LogP contribution in [0.1, 0.15) is 48.0 Å². The molecule has 5 atom stereocenters. The van der Waals surface area contributed by atoms with Gasteiger partial charge in [0.25, 0.3) is 0 Å². The second-order valence-corrected chi connectivity index (χ2v) is 9.65. The number of hydrogen-bond acceptors (Lipinski definition) is 7. The fraction of sp³-hybridized carbons (Fsp3) is 0.536. The van der Waals surface area contributed by atoms with Crippen LogP contribution < -0.4 is 0 Å². The number of Topliss-reactive ketones (excluding diaryl/α,β-unsaturated/α-hetero) is 1. The predicted molar refractivity (Wildman–Crippen MR) is 138 cm³/mol. The Kier molecular flexibility index (Phi) is 12.7. The third-order valence-electron chi connectivity index (χ3n) is 6.07. The molecule has 1 aliphatic carbocycles. The number of carbonyl (C=O) groups is 1. The standard InChI is InChI=1S/C28H42O7/c1-7-8-10-18(2)11-9-12-19(3)13-14-21-20(4)25(32)24(15-28(21,5)6)35-17-23(31)27(34)26(33)22(30)16-29/h7-14,22-24,26-27,29-31,33-34H,15-17H2,1-6H3/b8-7+,11-9+,14-13+,18-10+,19-12+. The molecule has 7 heteroatoms. The summed E-state index contributed by atoms with van der Waals surface area (Å²) in [5.41, 5.74) is 3.27. The minimum absolute atomic E-state index is 0.201. The van der Waals surface area contributed by atoms with Crippen LogP contribution in [-0.2, 0) is 9.53 Å². The van der Waals surface area contributed by atoms with Gasteiger partial charge in [0, 0.05) is 0 Å². The van der Waals surface area contributed by atoms with Gasteiger partial charge in [-0.25, -0.2) is 0 Å². The first-order valence-electron chi connectivity index (χ1n) is 11.9. The van der Waals surface area contributed by atoms with E-state index >= 15 is 0 Å². The SMILES string of the molecule is C/C=C/C=C(C)/C=C/C=C(C)/C=C/C1=C(C)C(=O)C(OCC(O)C(O)C(O)C(O)CO)CC1(C)C. The van der Waals surface area contributed by atoms with Crippen LogP contribution in [0.3, 0.4) is 0 Å². The summed E-state index contributed by atoms with van der Waals surface area (Å²) in [5, 5.41) is 48.1. The molecule has 0 fully saturated rings. The Bertz CT molecular complexity index is 889. The van der Waals surface area contributed by atoms with Crippen molar-refractivity contribution in [2.75, 3.05) is 13.2 Å². The molecule has 35 heavy (non-hydrogen) atoms. The average molecular weight is 491 g/mol. The summed E-state index contributed by atoms with van der Waals surface area (Å²) in [6.45, 7) is 10.6. The summed E-state index contributed by atoms with van der Waals surface area (Å²) in [7, 11) is 0. The van der Waals surface area contributed by atoms with E-state index in [1.807, 2.05) is 83.2 Å². The van der Waals surface area contributed by atoms with E-state index in [2.05, 4.69) is 0 Å². The fourth-order valence-corrected chi connectivity index (χ4v) is 3.84. The van der Waals surface area contributed by atoms with Gasteiger partial charge in [0.15, 0.2) is 5.78 Å². The number of ketones is 1. The van der Waals surface area contributed by atoms with Crippen molar-refractivity contribution in [3.05, 3.63) is 70.9 Å². The van der Waals surface area contributed by atoms with Gasteiger partial charge in [-0.05, 0) is 50.7 Å². The van der Waals surface area contributed by atoms with E-state index in [9.17, 15) is 25.2 Å². The number of aliphatic hydroxyl groups excluding tert-OH is 5. The molecule has 0 spiro atoms. The lowest BCUT2D eigenvalue weighted by Crippen LogP contribution is -2.48. The molecule has 0 aromatic carbocycles. The van der Waals surface area contributed by atoms with Gasteiger partial charge in [-0.3, -0.25) is 4.79 Å². The zero-order valence-electron chi connectivity index (χ0n) is 21.7. The molecule has 0 aliphatic heterocycles. The molecule has 7 nitrogen and oxygen atoms in total. The highest BCUT2D eigenvalue weighted by molar-refractivity contribution is 6.00. The van der Waals surface area contributed by atoms with Crippen LogP contribution in [0.5, 0.6) is 0 Å². The first kappa shape index (κ1) is 30.9. The maximum absolute atomic E-state index is 13.0. The van der Waals surface area contributed by atoms with Crippen molar-refractivity contribution >= 4 is 5.78 Å². The van der Waals surface area contributed by atoms with Crippen LogP contribution >= 0.6 is 0 Å². The second-order valence-electron chi connectivity index (χ2n) is 9.65. The molecule has 5 unspecified atom stereocenters. The van der Waals surface area contributed by atoms with Gasteiger partial charge in [-0.1, -0.05) is 73.6 Å². The Morgan fingerprint density at radius 3 is 2.20 bits per heavy atom. The van der Waals surface area contributed by atoms with Crippen LogP contribution in [0.25, 0.3) is 0 Å². The number of allylic oxidation sites excluding steroid dienone is 11. The zero-order chi connectivity index (χ0) is 26.8. The number of aliphatic hydroxyl groups is 5. The molecule has 1 rings (SSSR count). The van der Waals surface area contributed by atoms with Gasteiger partial charge in [-0.2, -0.15) is 0 Å². The topological polar surface area (TPSA) is 127 Å². The molecule has 196 valence electrons. The molecule has 0 radical (unpaired) electrons. The van der Waals surface area contributed by atoms with Crippen LogP contribution in [-0.4, -0.2) is 75.0 Å². The van der Waals surface area contributed by atoms with Crippen LogP contribution in [0, 0.1) is 5.41 Å². The first-order valence-corrected chi connectivity index (χ1v) is 11.9. The van der Waals surface area contributed by atoms with Crippen molar-refractivity contribution in [3.8, 4) is 0 Å². The molecule has 0 aromatic heterocycles. The van der Waals surface area contributed by atoms with Gasteiger partial charge in [-0.15, -0.1) is 0 Å². The van der Waals surface area contributed by atoms with Crippen molar-refractivity contribution in [3.63, 3.8) is 0 Å². The Labute approximate surface area is 209 Å². The fourth-order valence-electron chi connectivity index (χ4n) is 3.84. The minimum atomic E-state index is -1.74. The van der Waals surface area contributed by atoms with Crippen molar-refractivity contribution in [2.24, 2.45) is 5.41 Å². The zero-order valence-corrected chi connectivity index (χ0v) is 21.7. The molecule has 0 amide bonds. The average Bonchev–Trinajstić information content (AvgIpc) is 2.81. The Morgan fingerprint density at radius 1 is 1.03 bits per heavy atom. The predicted octanol–water partition coefficient (Wildman–Crippen LogP) is 2.70.